The second kappa shape index (κ2) is 5.38. The van der Waals surface area contributed by atoms with Crippen LogP contribution in [-0.4, -0.2) is 12.6 Å². The van der Waals surface area contributed by atoms with E-state index in [4.69, 9.17) is 0 Å². The summed E-state index contributed by atoms with van der Waals surface area (Å²) in [6.45, 7) is 0.779. The van der Waals surface area contributed by atoms with Crippen LogP contribution in [0.5, 0.6) is 0 Å². The Morgan fingerprint density at radius 2 is 1.87 bits per heavy atom. The fraction of sp³-hybridized carbons (Fsp3) is 0.286. The smallest absolute Gasteiger partial charge is 0.0582 e. The molecule has 1 aromatic rings. The fourth-order valence-electron chi connectivity index (χ4n) is 1.65. The largest absolute Gasteiger partial charge is 0.303 e. The first-order chi connectivity index (χ1) is 7.45. The summed E-state index contributed by atoms with van der Waals surface area (Å²) in [4.78, 5) is 0. The summed E-state index contributed by atoms with van der Waals surface area (Å²) in [7, 11) is 0. The molecule has 1 nitrogen and oxygen atoms in total. The monoisotopic (exact) mass is 197 g/mol. The van der Waals surface area contributed by atoms with Crippen LogP contribution in [0.25, 0.3) is 0 Å². The van der Waals surface area contributed by atoms with E-state index in [9.17, 15) is 0 Å². The molecule has 0 unspecified atom stereocenters. The normalized spacial score (nSPS) is 14.9. The summed E-state index contributed by atoms with van der Waals surface area (Å²) in [6, 6.07) is 10.7. The Morgan fingerprint density at radius 1 is 1.13 bits per heavy atom. The molecule has 1 heteroatoms. The van der Waals surface area contributed by atoms with Gasteiger partial charge < -0.3 is 5.32 Å². The number of rotatable bonds is 2. The Balaban J connectivity index is 1.76. The van der Waals surface area contributed by atoms with Crippen LogP contribution < -0.4 is 5.32 Å². The first-order valence-corrected chi connectivity index (χ1v) is 5.37. The Kier molecular flexibility index (Phi) is 3.59. The van der Waals surface area contributed by atoms with E-state index in [0.29, 0.717) is 6.04 Å². The predicted octanol–water partition coefficient (Wildman–Crippen LogP) is 2.35. The molecule has 1 aliphatic rings. The number of nitrogens with one attached hydrogen (secondary N) is 1. The second-order valence-corrected chi connectivity index (χ2v) is 3.69. The van der Waals surface area contributed by atoms with Crippen molar-refractivity contribution in [3.63, 3.8) is 0 Å². The van der Waals surface area contributed by atoms with Crippen LogP contribution in [0, 0.1) is 11.8 Å². The predicted molar refractivity (Wildman–Crippen MR) is 63.5 cm³/mol. The zero-order chi connectivity index (χ0) is 10.3. The lowest BCUT2D eigenvalue weighted by Gasteiger charge is -2.07. The molecule has 1 aliphatic carbocycles. The van der Waals surface area contributed by atoms with Crippen molar-refractivity contribution in [1.82, 2.24) is 5.32 Å². The molecule has 0 saturated carbocycles. The van der Waals surface area contributed by atoms with E-state index in [1.807, 2.05) is 30.3 Å². The molecule has 0 bridgehead atoms. The van der Waals surface area contributed by atoms with Crippen molar-refractivity contribution in [1.29, 1.82) is 0 Å². The van der Waals surface area contributed by atoms with Crippen molar-refractivity contribution >= 4 is 0 Å². The maximum absolute atomic E-state index is 3.42. The Hall–Kier alpha value is -1.52. The van der Waals surface area contributed by atoms with Gasteiger partial charge in [0.15, 0.2) is 0 Å². The van der Waals surface area contributed by atoms with E-state index >= 15 is 0 Å². The van der Waals surface area contributed by atoms with E-state index in [1.54, 1.807) is 0 Å². The number of benzene rings is 1. The molecule has 0 atom stereocenters. The van der Waals surface area contributed by atoms with Crippen LogP contribution >= 0.6 is 0 Å². The first kappa shape index (κ1) is 10.0. The van der Waals surface area contributed by atoms with Gasteiger partial charge in [0.05, 0.1) is 6.54 Å². The molecule has 15 heavy (non-hydrogen) atoms. The number of hydrogen-bond donors (Lipinski definition) is 1. The molecule has 2 rings (SSSR count). The average molecular weight is 197 g/mol. The Bertz CT molecular complexity index is 373. The Morgan fingerprint density at radius 3 is 2.60 bits per heavy atom. The van der Waals surface area contributed by atoms with E-state index in [0.717, 1.165) is 24.9 Å². The molecular weight excluding hydrogens is 182 g/mol. The molecule has 0 heterocycles. The van der Waals surface area contributed by atoms with Crippen LogP contribution in [0.1, 0.15) is 18.4 Å². The van der Waals surface area contributed by atoms with Gasteiger partial charge in [0, 0.05) is 11.6 Å². The summed E-state index contributed by atoms with van der Waals surface area (Å²) in [5, 5.41) is 3.42. The lowest BCUT2D eigenvalue weighted by atomic mass is 10.2. The van der Waals surface area contributed by atoms with Gasteiger partial charge in [-0.15, -0.1) is 0 Å². The van der Waals surface area contributed by atoms with Crippen LogP contribution in [0.3, 0.4) is 0 Å². The Labute approximate surface area is 91.2 Å². The SMILES string of the molecule is C(#Cc1ccccc1)CNC1CC=CC1. The van der Waals surface area contributed by atoms with Crippen molar-refractivity contribution in [2.45, 2.75) is 18.9 Å². The highest BCUT2D eigenvalue weighted by atomic mass is 14.9. The fourth-order valence-corrected chi connectivity index (χ4v) is 1.65. The van der Waals surface area contributed by atoms with Gasteiger partial charge in [0.2, 0.25) is 0 Å². The van der Waals surface area contributed by atoms with Crippen molar-refractivity contribution in [2.75, 3.05) is 6.54 Å². The molecule has 76 valence electrons. The summed E-state index contributed by atoms with van der Waals surface area (Å²) in [6.07, 6.45) is 6.74. The van der Waals surface area contributed by atoms with Crippen LogP contribution in [-0.2, 0) is 0 Å². The topological polar surface area (TPSA) is 12.0 Å². The highest BCUT2D eigenvalue weighted by molar-refractivity contribution is 5.33. The van der Waals surface area contributed by atoms with Gasteiger partial charge >= 0.3 is 0 Å². The van der Waals surface area contributed by atoms with Crippen LogP contribution in [0.4, 0.5) is 0 Å². The van der Waals surface area contributed by atoms with Gasteiger partial charge in [-0.3, -0.25) is 0 Å². The lowest BCUT2D eigenvalue weighted by Crippen LogP contribution is -2.26. The molecule has 0 spiro atoms. The van der Waals surface area contributed by atoms with Gasteiger partial charge in [-0.05, 0) is 25.0 Å². The third-order valence-corrected chi connectivity index (χ3v) is 2.49. The third kappa shape index (κ3) is 3.27. The zero-order valence-corrected chi connectivity index (χ0v) is 8.74. The van der Waals surface area contributed by atoms with Crippen LogP contribution in [0.15, 0.2) is 42.5 Å². The lowest BCUT2D eigenvalue weighted by molar-refractivity contribution is 0.578. The molecule has 0 saturated heterocycles. The standard InChI is InChI=1S/C14H15N/c1-2-7-13(8-3-1)9-6-12-15-14-10-4-5-11-14/h1-5,7-8,14-15H,10-12H2. The zero-order valence-electron chi connectivity index (χ0n) is 8.74. The van der Waals surface area contributed by atoms with Crippen molar-refractivity contribution in [2.24, 2.45) is 0 Å². The van der Waals surface area contributed by atoms with E-state index in [1.165, 1.54) is 0 Å². The maximum atomic E-state index is 3.42. The van der Waals surface area contributed by atoms with Gasteiger partial charge in [-0.2, -0.15) is 0 Å². The molecule has 0 fully saturated rings. The average Bonchev–Trinajstić information content (AvgIpc) is 2.79. The van der Waals surface area contributed by atoms with E-state index < -0.39 is 0 Å². The minimum atomic E-state index is 0.607. The molecular formula is C14H15N. The van der Waals surface area contributed by atoms with Crippen molar-refractivity contribution < 1.29 is 0 Å². The van der Waals surface area contributed by atoms with Crippen LogP contribution in [0.2, 0.25) is 0 Å². The number of hydrogen-bond acceptors (Lipinski definition) is 1. The minimum absolute atomic E-state index is 0.607. The van der Waals surface area contributed by atoms with Gasteiger partial charge in [-0.25, -0.2) is 0 Å². The molecule has 0 aliphatic heterocycles. The van der Waals surface area contributed by atoms with E-state index in [-0.39, 0.29) is 0 Å². The molecule has 1 N–H and O–H groups in total. The first-order valence-electron chi connectivity index (χ1n) is 5.37. The summed E-state index contributed by atoms with van der Waals surface area (Å²) in [5.74, 6) is 6.28. The highest BCUT2D eigenvalue weighted by Crippen LogP contribution is 2.08. The molecule has 0 aromatic heterocycles. The highest BCUT2D eigenvalue weighted by Gasteiger charge is 2.06. The summed E-state index contributed by atoms with van der Waals surface area (Å²) >= 11 is 0. The summed E-state index contributed by atoms with van der Waals surface area (Å²) in [5.41, 5.74) is 1.09. The quantitative estimate of drug-likeness (QED) is 0.567. The van der Waals surface area contributed by atoms with Crippen molar-refractivity contribution in [3.05, 3.63) is 48.0 Å². The van der Waals surface area contributed by atoms with E-state index in [2.05, 4.69) is 29.3 Å². The van der Waals surface area contributed by atoms with Gasteiger partial charge in [0.25, 0.3) is 0 Å². The molecule has 1 aromatic carbocycles. The van der Waals surface area contributed by atoms with Crippen molar-refractivity contribution in [3.8, 4) is 11.8 Å². The van der Waals surface area contributed by atoms with Gasteiger partial charge in [-0.1, -0.05) is 42.2 Å². The summed E-state index contributed by atoms with van der Waals surface area (Å²) < 4.78 is 0. The molecule has 0 amide bonds. The third-order valence-electron chi connectivity index (χ3n) is 2.49. The minimum Gasteiger partial charge on any atom is -0.303 e. The second-order valence-electron chi connectivity index (χ2n) is 3.69. The molecule has 0 radical (unpaired) electrons. The maximum Gasteiger partial charge on any atom is 0.0582 e. The van der Waals surface area contributed by atoms with Gasteiger partial charge in [0.1, 0.15) is 0 Å².